The van der Waals surface area contributed by atoms with E-state index in [1.165, 1.54) is 0 Å². The summed E-state index contributed by atoms with van der Waals surface area (Å²) in [4.78, 5) is 13.6. The molecule has 0 aromatic heterocycles. The van der Waals surface area contributed by atoms with Crippen molar-refractivity contribution in [2.24, 2.45) is 0 Å². The van der Waals surface area contributed by atoms with Gasteiger partial charge in [0.2, 0.25) is 15.7 Å². The molecule has 1 unspecified atom stereocenters. The zero-order valence-electron chi connectivity index (χ0n) is 37.3. The molecule has 8 rings (SSSR count). The van der Waals surface area contributed by atoms with Crippen molar-refractivity contribution in [3.63, 3.8) is 0 Å². The van der Waals surface area contributed by atoms with Crippen molar-refractivity contribution in [1.82, 2.24) is 0 Å². The maximum Gasteiger partial charge on any atom is 0.416 e. The Labute approximate surface area is 407 Å². The van der Waals surface area contributed by atoms with E-state index >= 15 is 0 Å². The van der Waals surface area contributed by atoms with Gasteiger partial charge in [-0.05, 0) is 41.3 Å². The second kappa shape index (κ2) is 21.0. The Morgan fingerprint density at radius 1 is 0.389 bits per heavy atom. The Bertz CT molecular complexity index is 2960. The lowest BCUT2D eigenvalue weighted by molar-refractivity contribution is -0.138. The molecule has 0 N–H and O–H groups in total. The third-order valence-corrected chi connectivity index (χ3v) is 14.0. The lowest BCUT2D eigenvalue weighted by Crippen LogP contribution is -2.74. The number of Topliss-reactive ketones (excluding diaryl/α,β-unsaturated/α-hetero) is 1. The van der Waals surface area contributed by atoms with Gasteiger partial charge >= 0.3 is 24.7 Å². The van der Waals surface area contributed by atoms with Gasteiger partial charge in [0.05, 0.1) is 22.3 Å². The molecule has 0 saturated heterocycles. The van der Waals surface area contributed by atoms with Crippen molar-refractivity contribution in [3.05, 3.63) is 246 Å². The summed E-state index contributed by atoms with van der Waals surface area (Å²) in [5.41, 5.74) is -0.874. The van der Waals surface area contributed by atoms with Crippen LogP contribution in [-0.4, -0.2) is 17.7 Å². The quantitative estimate of drug-likeness (QED) is 0.0475. The molecule has 0 radical (unpaired) electrons. The first-order chi connectivity index (χ1) is 34.0. The highest BCUT2D eigenvalue weighted by Crippen LogP contribution is 2.33. The van der Waals surface area contributed by atoms with Crippen molar-refractivity contribution in [3.8, 4) is 22.3 Å². The number of hydrogen-bond donors (Lipinski definition) is 0. The predicted octanol–water partition coefficient (Wildman–Crippen LogP) is 13.2. The molecule has 72 heavy (non-hydrogen) atoms. The molecule has 0 aliphatic carbocycles. The molecule has 0 fully saturated rings. The molecular weight excluding hydrogens is 975 g/mol. The standard InChI is InChI=1S/C28H16BF12.C28H21O2S/c30-25(31,32)17-1-9-21(10-2-17)29(22-11-3-18(4-12-22)26(33,34)35,23-13-5-19(6-14-23)27(36,37)38)24-15-7-20(8-16-24)28(39,40)41;29-28(26-18-16-25(17-19-26)24-12-6-2-7-13-24)22-31(30,27-14-8-3-9-15-27)21-20-23-10-4-1-5-11-23/h1-16H;1-19H,22H2/q-1;+1. The average molecular weight is 1010 g/mol. The molecular formula is C56H37BF12O2S. The van der Waals surface area contributed by atoms with Crippen LogP contribution in [0, 0.1) is 11.2 Å². The van der Waals surface area contributed by atoms with E-state index in [1.54, 1.807) is 24.3 Å². The van der Waals surface area contributed by atoms with Crippen molar-refractivity contribution >= 4 is 43.7 Å². The number of benzene rings is 8. The fourth-order valence-electron chi connectivity index (χ4n) is 8.23. The summed E-state index contributed by atoms with van der Waals surface area (Å²) in [5, 5.41) is 2.92. The van der Waals surface area contributed by atoms with Gasteiger partial charge in [-0.3, -0.25) is 4.79 Å². The van der Waals surface area contributed by atoms with Crippen LogP contribution in [0.5, 0.6) is 0 Å². The first-order valence-corrected chi connectivity index (χ1v) is 23.4. The molecule has 8 aromatic carbocycles. The monoisotopic (exact) mass is 1010 g/mol. The van der Waals surface area contributed by atoms with E-state index in [1.807, 2.05) is 91.0 Å². The number of carbonyl (C=O) groups excluding carboxylic acids is 1. The van der Waals surface area contributed by atoms with Gasteiger partial charge in [-0.15, -0.1) is 0 Å². The molecule has 0 heterocycles. The Morgan fingerprint density at radius 3 is 1.03 bits per heavy atom. The molecule has 1 atom stereocenters. The Balaban J connectivity index is 0.000000219. The van der Waals surface area contributed by atoms with Crippen LogP contribution in [-0.2, 0) is 38.8 Å². The van der Waals surface area contributed by atoms with Crippen LogP contribution in [0.3, 0.4) is 0 Å². The average Bonchev–Trinajstić information content (AvgIpc) is 3.37. The number of alkyl halides is 12. The molecule has 366 valence electrons. The van der Waals surface area contributed by atoms with E-state index in [-0.39, 0.29) is 33.4 Å². The minimum absolute atomic E-state index is 0.0114. The molecule has 0 aliphatic heterocycles. The zero-order valence-corrected chi connectivity index (χ0v) is 38.1. The Morgan fingerprint density at radius 2 is 0.694 bits per heavy atom. The lowest BCUT2D eigenvalue weighted by atomic mass is 9.13. The summed E-state index contributed by atoms with van der Waals surface area (Å²) in [6.07, 6.45) is -22.0. The van der Waals surface area contributed by atoms with Crippen LogP contribution < -0.4 is 21.9 Å². The first kappa shape index (κ1) is 52.2. The smallest absolute Gasteiger partial charge is 0.289 e. The molecule has 2 nitrogen and oxygen atoms in total. The van der Waals surface area contributed by atoms with Crippen molar-refractivity contribution < 1.29 is 61.7 Å². The van der Waals surface area contributed by atoms with E-state index in [0.29, 0.717) is 59.0 Å². The Hall–Kier alpha value is -7.64. The molecule has 16 heteroatoms. The number of hydrogen-bond acceptors (Lipinski definition) is 2. The van der Waals surface area contributed by atoms with Gasteiger partial charge in [-0.1, -0.05) is 192 Å². The fourth-order valence-corrected chi connectivity index (χ4v) is 10.00. The van der Waals surface area contributed by atoms with Gasteiger partial charge in [0.1, 0.15) is 6.15 Å². The summed E-state index contributed by atoms with van der Waals surface area (Å²) >= 11 is 0. The number of carbonyl (C=O) groups is 1. The highest BCUT2D eigenvalue weighted by Gasteiger charge is 2.39. The van der Waals surface area contributed by atoms with Gasteiger partial charge in [0.25, 0.3) is 0 Å². The molecule has 0 bridgehead atoms. The number of halogens is 12. The van der Waals surface area contributed by atoms with Gasteiger partial charge < -0.3 is 0 Å². The highest BCUT2D eigenvalue weighted by molar-refractivity contribution is 8.07. The molecule has 0 saturated carbocycles. The van der Waals surface area contributed by atoms with Gasteiger partial charge in [0.15, 0.2) is 15.9 Å². The van der Waals surface area contributed by atoms with Crippen LogP contribution in [0.15, 0.2) is 217 Å². The van der Waals surface area contributed by atoms with Crippen molar-refractivity contribution in [1.29, 1.82) is 0 Å². The van der Waals surface area contributed by atoms with Crippen molar-refractivity contribution in [2.75, 3.05) is 5.75 Å². The largest absolute Gasteiger partial charge is 0.416 e. The van der Waals surface area contributed by atoms with E-state index in [4.69, 9.17) is 0 Å². The molecule has 8 aromatic rings. The van der Waals surface area contributed by atoms with E-state index in [0.717, 1.165) is 65.2 Å². The minimum atomic E-state index is -4.77. The summed E-state index contributed by atoms with van der Waals surface area (Å²) in [5.74, 6) is 2.66. The lowest BCUT2D eigenvalue weighted by Gasteiger charge is -2.44. The molecule has 0 spiro atoms. The SMILES string of the molecule is FC(F)(F)c1ccc([B-](c2ccc(C(F)(F)F)cc2)(c2ccc(C(F)(F)F)cc2)c2ccc(C(F)(F)F)cc2)cc1.O=C(C[S+](=O)(C#Cc1ccccc1)c1ccccc1)c1ccc(-c2ccccc2)cc1. The van der Waals surface area contributed by atoms with Gasteiger partial charge in [-0.2, -0.15) is 74.5 Å². The summed E-state index contributed by atoms with van der Waals surface area (Å²) < 4.78 is 174. The topological polar surface area (TPSA) is 34.1 Å². The van der Waals surface area contributed by atoms with Gasteiger partial charge in [0, 0.05) is 11.1 Å². The maximum absolute atomic E-state index is 13.8. The van der Waals surface area contributed by atoms with Gasteiger partial charge in [-0.25, -0.2) is 0 Å². The van der Waals surface area contributed by atoms with Crippen LogP contribution in [0.25, 0.3) is 11.1 Å². The zero-order chi connectivity index (χ0) is 52.0. The number of ketones is 1. The third kappa shape index (κ3) is 12.1. The minimum Gasteiger partial charge on any atom is -0.289 e. The van der Waals surface area contributed by atoms with E-state index in [9.17, 15) is 61.7 Å². The fraction of sp³-hybridized carbons (Fsp3) is 0.0893. The second-order valence-corrected chi connectivity index (χ2v) is 18.8. The third-order valence-electron chi connectivity index (χ3n) is 11.9. The summed E-state index contributed by atoms with van der Waals surface area (Å²) in [6.45, 7) is 0. The van der Waals surface area contributed by atoms with E-state index in [2.05, 4.69) is 11.2 Å². The first-order valence-electron chi connectivity index (χ1n) is 21.7. The Kier molecular flexibility index (Phi) is 15.2. The summed E-state index contributed by atoms with van der Waals surface area (Å²) in [7, 11) is -2.89. The van der Waals surface area contributed by atoms with Crippen LogP contribution in [0.4, 0.5) is 52.7 Å². The highest BCUT2D eigenvalue weighted by atomic mass is 32.2. The maximum atomic E-state index is 13.8. The predicted molar refractivity (Wildman–Crippen MR) is 257 cm³/mol. The normalized spacial score (nSPS) is 12.9. The van der Waals surface area contributed by atoms with Crippen molar-refractivity contribution in [2.45, 2.75) is 29.6 Å². The summed E-state index contributed by atoms with van der Waals surface area (Å²) in [6, 6.07) is 49.4. The molecule has 0 aliphatic rings. The van der Waals surface area contributed by atoms with Crippen LogP contribution in [0.1, 0.15) is 38.2 Å². The van der Waals surface area contributed by atoms with E-state index < -0.39 is 63.0 Å². The van der Waals surface area contributed by atoms with Crippen LogP contribution >= 0.6 is 0 Å². The number of rotatable bonds is 9. The second-order valence-electron chi connectivity index (χ2n) is 16.4. The molecule has 0 amide bonds. The van der Waals surface area contributed by atoms with Crippen LogP contribution in [0.2, 0.25) is 0 Å².